The van der Waals surface area contributed by atoms with E-state index in [1.54, 1.807) is 0 Å². The molecule has 69 valence electrons. The van der Waals surface area contributed by atoms with Gasteiger partial charge in [0.2, 0.25) is 0 Å². The van der Waals surface area contributed by atoms with Gasteiger partial charge in [-0.2, -0.15) is 0 Å². The van der Waals surface area contributed by atoms with E-state index in [1.807, 2.05) is 0 Å². The van der Waals surface area contributed by atoms with Gasteiger partial charge in [-0.25, -0.2) is 0 Å². The third-order valence-corrected chi connectivity index (χ3v) is 2.24. The van der Waals surface area contributed by atoms with E-state index >= 15 is 0 Å². The maximum absolute atomic E-state index is 9.88. The van der Waals surface area contributed by atoms with Crippen molar-refractivity contribution < 1.29 is 36.9 Å². The van der Waals surface area contributed by atoms with Crippen molar-refractivity contribution in [3.8, 4) is 0 Å². The van der Waals surface area contributed by atoms with Crippen molar-refractivity contribution >= 4 is 72.3 Å². The van der Waals surface area contributed by atoms with Gasteiger partial charge in [0, 0.05) is 7.11 Å². The Morgan fingerprint density at radius 2 is 1.00 bits per heavy atom. The molecule has 0 aliphatic rings. The van der Waals surface area contributed by atoms with E-state index < -0.39 is 12.6 Å². The molecule has 0 spiro atoms. The summed E-state index contributed by atoms with van der Waals surface area (Å²) >= 11 is -3.12. The topological polar surface area (TPSA) is 88.5 Å². The monoisotopic (exact) mass is 247 g/mol. The van der Waals surface area contributed by atoms with Crippen molar-refractivity contribution in [3.63, 3.8) is 0 Å². The van der Waals surface area contributed by atoms with Crippen LogP contribution in [0.15, 0.2) is 0 Å². The molecule has 0 saturated carbocycles. The number of aliphatic hydroxyl groups excluding tert-OH is 1. The summed E-state index contributed by atoms with van der Waals surface area (Å²) in [6.45, 7) is 0. The van der Waals surface area contributed by atoms with Crippen LogP contribution in [0.2, 0.25) is 0 Å². The molecule has 12 heavy (non-hydrogen) atoms. The number of hydrogen-bond acceptors (Lipinski definition) is 5. The molecule has 0 fully saturated rings. The van der Waals surface area contributed by atoms with Gasteiger partial charge in [0.15, 0.2) is 0 Å². The van der Waals surface area contributed by atoms with Crippen LogP contribution >= 0.6 is 0 Å². The molecule has 0 bridgehead atoms. The van der Waals surface area contributed by atoms with Crippen molar-refractivity contribution in [2.45, 2.75) is 0 Å². The van der Waals surface area contributed by atoms with Crippen molar-refractivity contribution in [1.82, 2.24) is 0 Å². The molecule has 1 N–H and O–H groups in total. The second kappa shape index (κ2) is 11.8. The second-order valence-electron chi connectivity index (χ2n) is 0.981. The van der Waals surface area contributed by atoms with Crippen LogP contribution in [0.25, 0.3) is 0 Å². The summed E-state index contributed by atoms with van der Waals surface area (Å²) in [6, 6.07) is 0. The molecule has 0 aromatic heterocycles. The van der Waals surface area contributed by atoms with Crippen molar-refractivity contribution in [1.29, 1.82) is 0 Å². The van der Waals surface area contributed by atoms with Gasteiger partial charge < -0.3 is 5.11 Å². The zero-order valence-electron chi connectivity index (χ0n) is 5.72. The fourth-order valence-electron chi connectivity index (χ4n) is 0.111. The van der Waals surface area contributed by atoms with Gasteiger partial charge in [-0.3, -0.25) is 0 Å². The third-order valence-electron chi connectivity index (χ3n) is 0.544. The van der Waals surface area contributed by atoms with Crippen LogP contribution in [0.4, 0.5) is 0 Å². The summed E-state index contributed by atoms with van der Waals surface area (Å²) in [4.78, 5) is 39.5. The van der Waals surface area contributed by atoms with Crippen molar-refractivity contribution in [3.05, 3.63) is 0 Å². The first-order valence-corrected chi connectivity index (χ1v) is 4.56. The Hall–Kier alpha value is 0.783. The summed E-state index contributed by atoms with van der Waals surface area (Å²) in [5.74, 6) is 0. The van der Waals surface area contributed by atoms with Gasteiger partial charge in [-0.1, -0.05) is 0 Å². The molecule has 0 rings (SSSR count). The van der Waals surface area contributed by atoms with Gasteiger partial charge >= 0.3 is 104 Å². The Kier molecular flexibility index (Phi) is 18.2. The van der Waals surface area contributed by atoms with E-state index in [1.165, 1.54) is 0 Å². The van der Waals surface area contributed by atoms with Gasteiger partial charge in [0.05, 0.1) is 0 Å². The predicted molar refractivity (Wildman–Crippen MR) is 42.3 cm³/mol. The van der Waals surface area contributed by atoms with Crippen LogP contribution in [0.1, 0.15) is 0 Å². The van der Waals surface area contributed by atoms with E-state index in [0.29, 0.717) is 0 Å². The third kappa shape index (κ3) is 6.32. The summed E-state index contributed by atoms with van der Waals surface area (Å²) in [5.41, 5.74) is 0. The molecule has 0 amide bonds. The first-order chi connectivity index (χ1) is 5.24. The molecule has 5 nitrogen and oxygen atoms in total. The zero-order valence-corrected chi connectivity index (χ0v) is 6.76. The van der Waals surface area contributed by atoms with E-state index in [-0.39, 0.29) is 72.3 Å². The van der Waals surface area contributed by atoms with Crippen LogP contribution in [-0.4, -0.2) is 84.5 Å². The van der Waals surface area contributed by atoms with Crippen LogP contribution in [-0.2, 0) is 31.8 Å². The molecular weight excluding hydrogens is 238 g/mol. The van der Waals surface area contributed by atoms with E-state index in [9.17, 15) is 19.2 Å². The molecule has 0 aliphatic heterocycles. The average Bonchev–Trinajstić information content (AvgIpc) is 2.13. The minimum atomic E-state index is -3.12. The minimum absolute atomic E-state index is 0. The number of carbonyl (C=O) groups excluding carboxylic acids is 4. The number of aliphatic hydroxyl groups is 1. The number of carbonyl (C=O) groups is 4. The van der Waals surface area contributed by atoms with Crippen molar-refractivity contribution in [2.24, 2.45) is 0 Å². The zero-order chi connectivity index (χ0) is 9.33. The van der Waals surface area contributed by atoms with Gasteiger partial charge in [0.1, 0.15) is 0 Å². The summed E-state index contributed by atoms with van der Waals surface area (Å²) in [5, 5.41) is 7.44. The molecule has 0 aliphatic carbocycles. The number of rotatable bonds is 4. The first-order valence-electron chi connectivity index (χ1n) is 2.16. The van der Waals surface area contributed by atoms with Crippen LogP contribution in [0.3, 0.4) is 0 Å². The molecule has 0 heterocycles. The predicted octanol–water partition coefficient (Wildman–Crippen LogP) is -2.14. The van der Waals surface area contributed by atoms with Crippen LogP contribution in [0.5, 0.6) is 0 Å². The van der Waals surface area contributed by atoms with E-state index in [2.05, 4.69) is 0 Å². The summed E-state index contributed by atoms with van der Waals surface area (Å²) in [7, 11) is 1.00. The Bertz CT molecular complexity index is 122. The molecule has 0 saturated heterocycles. The van der Waals surface area contributed by atoms with Crippen molar-refractivity contribution in [2.75, 3.05) is 7.11 Å². The second-order valence-corrected chi connectivity index (χ2v) is 4.04. The van der Waals surface area contributed by atoms with Gasteiger partial charge in [-0.15, -0.1) is 0 Å². The quantitative estimate of drug-likeness (QED) is 0.452. The standard InChI is InChI=1S/CH4O.4CHO.Co.K.H/c5*1-2;;;/h2H,1H3;4*1H;;;. The Balaban J connectivity index is -0.000000249. The van der Waals surface area contributed by atoms with E-state index in [0.717, 1.165) is 7.11 Å². The fourth-order valence-corrected chi connectivity index (χ4v) is 0.458. The van der Waals surface area contributed by atoms with Crippen LogP contribution < -0.4 is 0 Å². The molecule has 0 atom stereocenters. The molecule has 0 radical (unpaired) electrons. The molecular formula is C5H9CoKO5. The SMILES string of the molecule is CO.O=[CH][Co]([CH]=O)([CH]=O)[CH]=O.[KH]. The molecule has 0 aromatic carbocycles. The Morgan fingerprint density at radius 1 is 0.833 bits per heavy atom. The molecule has 0 unspecified atom stereocenters. The fraction of sp³-hybridized carbons (Fsp3) is 0.200. The van der Waals surface area contributed by atoms with Gasteiger partial charge in [-0.05, 0) is 0 Å². The summed E-state index contributed by atoms with van der Waals surface area (Å²) < 4.78 is 0. The normalized spacial score (nSPS) is 9.17. The maximum atomic E-state index is 9.88. The molecule has 0 aromatic rings. The summed E-state index contributed by atoms with van der Waals surface area (Å²) in [6.07, 6.45) is 0. The average molecular weight is 247 g/mol. The Morgan fingerprint density at radius 3 is 1.00 bits per heavy atom. The van der Waals surface area contributed by atoms with Gasteiger partial charge in [0.25, 0.3) is 0 Å². The first kappa shape index (κ1) is 18.5. The number of hydrogen-bond donors (Lipinski definition) is 1. The Labute approximate surface area is 114 Å². The van der Waals surface area contributed by atoms with E-state index in [4.69, 9.17) is 5.11 Å². The van der Waals surface area contributed by atoms with Crippen LogP contribution in [0, 0.1) is 0 Å². The molecule has 7 heteroatoms.